The van der Waals surface area contributed by atoms with Gasteiger partial charge in [-0.25, -0.2) is 0 Å². The molecule has 3 heteroatoms. The van der Waals surface area contributed by atoms with E-state index in [2.05, 4.69) is 47.0 Å². The smallest absolute Gasteiger partial charge is 0.176 e. The second kappa shape index (κ2) is 4.07. The number of rotatable bonds is 4. The lowest BCUT2D eigenvalue weighted by molar-refractivity contribution is 0.526. The molecule has 74 valence electrons. The summed E-state index contributed by atoms with van der Waals surface area (Å²) in [5, 5.41) is 0. The molecule has 0 saturated carbocycles. The SMILES string of the molecule is CC[Si](C)(C)O[Si](C)(C)C(C)C. The zero-order valence-corrected chi connectivity index (χ0v) is 11.7. The Kier molecular flexibility index (Phi) is 4.20. The van der Waals surface area contributed by atoms with Crippen molar-refractivity contribution in [3.8, 4) is 0 Å². The van der Waals surface area contributed by atoms with Crippen molar-refractivity contribution in [2.24, 2.45) is 0 Å². The molecule has 0 aliphatic carbocycles. The highest BCUT2D eigenvalue weighted by Crippen LogP contribution is 2.26. The second-order valence-electron chi connectivity index (χ2n) is 4.97. The predicted octanol–water partition coefficient (Wildman–Crippen LogP) is 3.84. The van der Waals surface area contributed by atoms with Gasteiger partial charge in [-0.05, 0) is 37.8 Å². The van der Waals surface area contributed by atoms with E-state index in [9.17, 15) is 0 Å². The molecule has 0 aromatic heterocycles. The van der Waals surface area contributed by atoms with Gasteiger partial charge in [0, 0.05) is 0 Å². The van der Waals surface area contributed by atoms with E-state index in [1.54, 1.807) is 0 Å². The average Bonchev–Trinajstić information content (AvgIpc) is 1.85. The molecule has 0 amide bonds. The highest BCUT2D eigenvalue weighted by molar-refractivity contribution is 6.85. The molecule has 1 nitrogen and oxygen atoms in total. The van der Waals surface area contributed by atoms with E-state index in [1.807, 2.05) is 0 Å². The molecule has 0 radical (unpaired) electrons. The summed E-state index contributed by atoms with van der Waals surface area (Å²) in [5.74, 6) is 0. The maximum Gasteiger partial charge on any atom is 0.176 e. The van der Waals surface area contributed by atoms with Crippen molar-refractivity contribution in [3.63, 3.8) is 0 Å². The van der Waals surface area contributed by atoms with E-state index in [0.717, 1.165) is 5.54 Å². The maximum atomic E-state index is 6.31. The molecule has 0 bridgehead atoms. The summed E-state index contributed by atoms with van der Waals surface area (Å²) < 4.78 is 6.31. The summed E-state index contributed by atoms with van der Waals surface area (Å²) in [5.41, 5.74) is 0.732. The number of hydrogen-bond acceptors (Lipinski definition) is 1. The summed E-state index contributed by atoms with van der Waals surface area (Å²) in [6, 6.07) is 1.23. The van der Waals surface area contributed by atoms with Crippen LogP contribution in [-0.4, -0.2) is 16.6 Å². The summed E-state index contributed by atoms with van der Waals surface area (Å²) in [4.78, 5) is 0. The first kappa shape index (κ1) is 12.4. The third-order valence-electron chi connectivity index (χ3n) is 2.78. The van der Waals surface area contributed by atoms with E-state index >= 15 is 0 Å². The van der Waals surface area contributed by atoms with Crippen molar-refractivity contribution in [2.75, 3.05) is 0 Å². The lowest BCUT2D eigenvalue weighted by Crippen LogP contribution is -2.45. The van der Waals surface area contributed by atoms with Crippen molar-refractivity contribution < 1.29 is 4.12 Å². The van der Waals surface area contributed by atoms with Gasteiger partial charge in [-0.2, -0.15) is 0 Å². The van der Waals surface area contributed by atoms with E-state index in [1.165, 1.54) is 6.04 Å². The Balaban J connectivity index is 4.23. The molecule has 0 rings (SSSR count). The Morgan fingerprint density at radius 2 is 1.50 bits per heavy atom. The first-order valence-corrected chi connectivity index (χ1v) is 11.0. The molecule has 0 saturated heterocycles. The molecule has 0 aromatic rings. The van der Waals surface area contributed by atoms with E-state index in [4.69, 9.17) is 4.12 Å². The molecule has 0 aromatic carbocycles. The van der Waals surface area contributed by atoms with Gasteiger partial charge in [0.15, 0.2) is 16.6 Å². The Morgan fingerprint density at radius 1 is 1.08 bits per heavy atom. The third kappa shape index (κ3) is 3.87. The highest BCUT2D eigenvalue weighted by atomic mass is 28.4. The van der Waals surface area contributed by atoms with Crippen LogP contribution in [0.1, 0.15) is 20.8 Å². The van der Waals surface area contributed by atoms with Crippen LogP contribution in [0.3, 0.4) is 0 Å². The first-order chi connectivity index (χ1) is 5.21. The van der Waals surface area contributed by atoms with Crippen LogP contribution in [0.15, 0.2) is 0 Å². The molecule has 0 aliphatic rings. The Bertz CT molecular complexity index is 141. The van der Waals surface area contributed by atoms with Gasteiger partial charge in [-0.3, -0.25) is 0 Å². The molecular formula is C9H24OSi2. The first-order valence-electron chi connectivity index (χ1n) is 4.91. The lowest BCUT2D eigenvalue weighted by Gasteiger charge is -2.36. The summed E-state index contributed by atoms with van der Waals surface area (Å²) in [7, 11) is -2.69. The summed E-state index contributed by atoms with van der Waals surface area (Å²) in [6.45, 7) is 16.1. The fourth-order valence-corrected chi connectivity index (χ4v) is 8.12. The molecule has 0 N–H and O–H groups in total. The largest absolute Gasteiger partial charge is 0.455 e. The van der Waals surface area contributed by atoms with Gasteiger partial charge >= 0.3 is 0 Å². The van der Waals surface area contributed by atoms with Crippen molar-refractivity contribution in [2.45, 2.75) is 58.5 Å². The zero-order valence-electron chi connectivity index (χ0n) is 9.69. The van der Waals surface area contributed by atoms with Gasteiger partial charge in [-0.1, -0.05) is 20.8 Å². The Morgan fingerprint density at radius 3 is 1.75 bits per heavy atom. The lowest BCUT2D eigenvalue weighted by atomic mass is 10.6. The quantitative estimate of drug-likeness (QED) is 0.632. The van der Waals surface area contributed by atoms with Crippen molar-refractivity contribution in [1.82, 2.24) is 0 Å². The van der Waals surface area contributed by atoms with Crippen molar-refractivity contribution >= 4 is 16.6 Å². The molecule has 0 heterocycles. The molecule has 0 atom stereocenters. The molecular weight excluding hydrogens is 180 g/mol. The molecule has 0 unspecified atom stereocenters. The van der Waals surface area contributed by atoms with Crippen LogP contribution >= 0.6 is 0 Å². The third-order valence-corrected chi connectivity index (χ3v) is 11.6. The normalized spacial score (nSPS) is 14.0. The van der Waals surface area contributed by atoms with Gasteiger partial charge in [-0.15, -0.1) is 0 Å². The van der Waals surface area contributed by atoms with Crippen molar-refractivity contribution in [3.05, 3.63) is 0 Å². The van der Waals surface area contributed by atoms with Gasteiger partial charge in [0.25, 0.3) is 0 Å². The summed E-state index contributed by atoms with van der Waals surface area (Å²) >= 11 is 0. The van der Waals surface area contributed by atoms with Crippen molar-refractivity contribution in [1.29, 1.82) is 0 Å². The number of hydrogen-bond donors (Lipinski definition) is 0. The van der Waals surface area contributed by atoms with Gasteiger partial charge < -0.3 is 4.12 Å². The Hall–Kier alpha value is 0.394. The fourth-order valence-electron chi connectivity index (χ4n) is 0.902. The molecule has 12 heavy (non-hydrogen) atoms. The predicted molar refractivity (Wildman–Crippen MR) is 61.6 cm³/mol. The minimum atomic E-state index is -1.38. The highest BCUT2D eigenvalue weighted by Gasteiger charge is 2.33. The van der Waals surface area contributed by atoms with E-state index < -0.39 is 16.6 Å². The van der Waals surface area contributed by atoms with Crippen LogP contribution in [0.2, 0.25) is 37.8 Å². The summed E-state index contributed by atoms with van der Waals surface area (Å²) in [6.07, 6.45) is 0. The second-order valence-corrected chi connectivity index (χ2v) is 14.4. The van der Waals surface area contributed by atoms with Crippen LogP contribution in [0.4, 0.5) is 0 Å². The van der Waals surface area contributed by atoms with Crippen LogP contribution in [0, 0.1) is 0 Å². The van der Waals surface area contributed by atoms with E-state index in [-0.39, 0.29) is 0 Å². The van der Waals surface area contributed by atoms with Gasteiger partial charge in [0.1, 0.15) is 0 Å². The topological polar surface area (TPSA) is 9.23 Å². The minimum absolute atomic E-state index is 0.732. The van der Waals surface area contributed by atoms with E-state index in [0.29, 0.717) is 0 Å². The minimum Gasteiger partial charge on any atom is -0.455 e. The fraction of sp³-hybridized carbons (Fsp3) is 1.00. The van der Waals surface area contributed by atoms with Gasteiger partial charge in [0.05, 0.1) is 0 Å². The van der Waals surface area contributed by atoms with Crippen LogP contribution < -0.4 is 0 Å². The molecule has 0 fully saturated rings. The molecule has 0 spiro atoms. The Labute approximate surface area is 79.8 Å². The van der Waals surface area contributed by atoms with Crippen LogP contribution in [0.25, 0.3) is 0 Å². The monoisotopic (exact) mass is 204 g/mol. The van der Waals surface area contributed by atoms with Gasteiger partial charge in [0.2, 0.25) is 0 Å². The molecule has 0 aliphatic heterocycles. The van der Waals surface area contributed by atoms with Crippen LogP contribution in [0.5, 0.6) is 0 Å². The maximum absolute atomic E-state index is 6.31. The standard InChI is InChI=1S/C9H24OSi2/c1-8-11(4,5)10-12(6,7)9(2)3/h9H,8H2,1-7H3. The zero-order chi connectivity index (χ0) is 9.99. The van der Waals surface area contributed by atoms with Crippen LogP contribution in [-0.2, 0) is 4.12 Å². The average molecular weight is 204 g/mol.